The number of benzene rings is 7. The van der Waals surface area contributed by atoms with Gasteiger partial charge in [0.15, 0.2) is 17.5 Å². The first-order chi connectivity index (χ1) is 22.3. The van der Waals surface area contributed by atoms with Crippen molar-refractivity contribution < 1.29 is 4.42 Å². The quantitative estimate of drug-likeness (QED) is 0.196. The second-order valence-electron chi connectivity index (χ2n) is 11.3. The molecule has 0 N–H and O–H groups in total. The second-order valence-corrected chi connectivity index (χ2v) is 11.3. The first kappa shape index (κ1) is 25.4. The summed E-state index contributed by atoms with van der Waals surface area (Å²) in [6.07, 6.45) is 0. The first-order valence-electron chi connectivity index (χ1n) is 15.0. The smallest absolute Gasteiger partial charge is 0.164 e. The van der Waals surface area contributed by atoms with Crippen LogP contribution in [-0.4, -0.2) is 15.0 Å². The van der Waals surface area contributed by atoms with Crippen LogP contribution in [0.15, 0.2) is 156 Å². The highest BCUT2D eigenvalue weighted by Crippen LogP contribution is 2.41. The van der Waals surface area contributed by atoms with Crippen LogP contribution in [0.2, 0.25) is 0 Å². The number of furan rings is 1. The van der Waals surface area contributed by atoms with E-state index >= 15 is 0 Å². The van der Waals surface area contributed by atoms with Gasteiger partial charge >= 0.3 is 0 Å². The summed E-state index contributed by atoms with van der Waals surface area (Å²) in [6, 6.07) is 52.2. The molecule has 4 nitrogen and oxygen atoms in total. The molecule has 7 aromatic carbocycles. The summed E-state index contributed by atoms with van der Waals surface area (Å²) < 4.78 is 6.33. The van der Waals surface area contributed by atoms with Crippen LogP contribution in [0, 0.1) is 0 Å². The Labute approximate surface area is 259 Å². The van der Waals surface area contributed by atoms with Gasteiger partial charge in [-0.3, -0.25) is 0 Å². The third-order valence-electron chi connectivity index (χ3n) is 8.47. The van der Waals surface area contributed by atoms with Gasteiger partial charge in [-0.05, 0) is 63.0 Å². The Morgan fingerprint density at radius 3 is 1.58 bits per heavy atom. The molecule has 0 unspecified atom stereocenters. The standard InChI is InChI=1S/C41H25N3O/c1-4-12-26(13-5-1)33-24-31(41-43-39(27-14-6-2-7-15-27)42-40(44-41)28-16-8-3-9-17-28)22-30-21-20-29-23-35-32-18-10-11-19-36(32)45-37(35)25-34(29)38(30)33/h1-25H. The first-order valence-corrected chi connectivity index (χ1v) is 15.0. The van der Waals surface area contributed by atoms with Gasteiger partial charge in [-0.25, -0.2) is 15.0 Å². The molecule has 0 atom stereocenters. The fourth-order valence-corrected chi connectivity index (χ4v) is 6.33. The predicted octanol–water partition coefficient (Wildman–Crippen LogP) is 10.7. The van der Waals surface area contributed by atoms with Gasteiger partial charge in [-0.15, -0.1) is 0 Å². The average Bonchev–Trinajstić information content (AvgIpc) is 3.48. The van der Waals surface area contributed by atoms with E-state index in [0.717, 1.165) is 60.5 Å². The lowest BCUT2D eigenvalue weighted by Gasteiger charge is -2.14. The number of nitrogens with zero attached hydrogens (tertiary/aromatic N) is 3. The van der Waals surface area contributed by atoms with Gasteiger partial charge in [0, 0.05) is 27.5 Å². The van der Waals surface area contributed by atoms with E-state index in [1.807, 2.05) is 72.8 Å². The van der Waals surface area contributed by atoms with Crippen molar-refractivity contribution in [1.82, 2.24) is 15.0 Å². The van der Waals surface area contributed by atoms with Crippen molar-refractivity contribution in [2.45, 2.75) is 0 Å². The van der Waals surface area contributed by atoms with E-state index in [2.05, 4.69) is 78.9 Å². The molecule has 0 radical (unpaired) electrons. The molecule has 0 aliphatic carbocycles. The minimum absolute atomic E-state index is 0.634. The molecule has 9 rings (SSSR count). The molecule has 2 heterocycles. The Morgan fingerprint density at radius 2 is 0.911 bits per heavy atom. The summed E-state index contributed by atoms with van der Waals surface area (Å²) >= 11 is 0. The maximum absolute atomic E-state index is 6.33. The van der Waals surface area contributed by atoms with Crippen molar-refractivity contribution in [1.29, 1.82) is 0 Å². The van der Waals surface area contributed by atoms with E-state index in [4.69, 9.17) is 19.4 Å². The zero-order valence-electron chi connectivity index (χ0n) is 24.2. The Balaban J connectivity index is 1.33. The summed E-state index contributed by atoms with van der Waals surface area (Å²) in [5.41, 5.74) is 6.86. The van der Waals surface area contributed by atoms with Crippen molar-refractivity contribution in [3.8, 4) is 45.3 Å². The van der Waals surface area contributed by atoms with Crippen LogP contribution in [0.5, 0.6) is 0 Å². The molecule has 210 valence electrons. The van der Waals surface area contributed by atoms with Gasteiger partial charge in [0.1, 0.15) is 11.2 Å². The van der Waals surface area contributed by atoms with Crippen LogP contribution in [0.4, 0.5) is 0 Å². The largest absolute Gasteiger partial charge is 0.456 e. The van der Waals surface area contributed by atoms with Crippen LogP contribution in [-0.2, 0) is 0 Å². The summed E-state index contributed by atoms with van der Waals surface area (Å²) in [6.45, 7) is 0. The highest BCUT2D eigenvalue weighted by atomic mass is 16.3. The Morgan fingerprint density at radius 1 is 0.356 bits per heavy atom. The monoisotopic (exact) mass is 575 g/mol. The van der Waals surface area contributed by atoms with Gasteiger partial charge in [-0.2, -0.15) is 0 Å². The molecule has 0 amide bonds. The Kier molecular flexibility index (Phi) is 5.78. The molecular formula is C41H25N3O. The van der Waals surface area contributed by atoms with Crippen LogP contribution in [0.25, 0.3) is 88.8 Å². The third kappa shape index (κ3) is 4.35. The van der Waals surface area contributed by atoms with E-state index in [1.165, 1.54) is 10.8 Å². The minimum atomic E-state index is 0.634. The predicted molar refractivity (Wildman–Crippen MR) is 184 cm³/mol. The van der Waals surface area contributed by atoms with Gasteiger partial charge in [0.2, 0.25) is 0 Å². The van der Waals surface area contributed by atoms with Crippen LogP contribution < -0.4 is 0 Å². The van der Waals surface area contributed by atoms with Gasteiger partial charge < -0.3 is 4.42 Å². The molecule has 0 aliphatic heterocycles. The number of rotatable bonds is 4. The highest BCUT2D eigenvalue weighted by Gasteiger charge is 2.17. The normalized spacial score (nSPS) is 11.6. The zero-order chi connectivity index (χ0) is 29.7. The fourth-order valence-electron chi connectivity index (χ4n) is 6.33. The lowest BCUT2D eigenvalue weighted by atomic mass is 9.91. The number of hydrogen-bond acceptors (Lipinski definition) is 4. The van der Waals surface area contributed by atoms with Crippen molar-refractivity contribution >= 4 is 43.5 Å². The SMILES string of the molecule is c1ccc(-c2nc(-c3ccccc3)nc(-c3cc(-c4ccccc4)c4c(ccc5cc6c(cc54)oc4ccccc46)c3)n2)cc1. The molecule has 9 aromatic rings. The van der Waals surface area contributed by atoms with E-state index in [9.17, 15) is 0 Å². The molecular weight excluding hydrogens is 550 g/mol. The molecule has 0 saturated carbocycles. The zero-order valence-corrected chi connectivity index (χ0v) is 24.2. The fraction of sp³-hybridized carbons (Fsp3) is 0. The van der Waals surface area contributed by atoms with Crippen LogP contribution in [0.1, 0.15) is 0 Å². The van der Waals surface area contributed by atoms with Crippen molar-refractivity contribution in [3.05, 3.63) is 152 Å². The topological polar surface area (TPSA) is 51.8 Å². The minimum Gasteiger partial charge on any atom is -0.456 e. The summed E-state index contributed by atoms with van der Waals surface area (Å²) in [7, 11) is 0. The van der Waals surface area contributed by atoms with Gasteiger partial charge in [-0.1, -0.05) is 121 Å². The summed E-state index contributed by atoms with van der Waals surface area (Å²) in [5.74, 6) is 1.92. The third-order valence-corrected chi connectivity index (χ3v) is 8.47. The van der Waals surface area contributed by atoms with E-state index in [0.29, 0.717) is 17.5 Å². The van der Waals surface area contributed by atoms with Crippen LogP contribution in [0.3, 0.4) is 0 Å². The van der Waals surface area contributed by atoms with Crippen molar-refractivity contribution in [2.75, 3.05) is 0 Å². The number of fused-ring (bicyclic) bond motifs is 6. The number of para-hydroxylation sites is 1. The van der Waals surface area contributed by atoms with E-state index in [1.54, 1.807) is 0 Å². The lowest BCUT2D eigenvalue weighted by Crippen LogP contribution is -2.00. The molecule has 4 heteroatoms. The van der Waals surface area contributed by atoms with E-state index < -0.39 is 0 Å². The van der Waals surface area contributed by atoms with Crippen molar-refractivity contribution in [3.63, 3.8) is 0 Å². The summed E-state index contributed by atoms with van der Waals surface area (Å²) in [4.78, 5) is 15.0. The molecule has 45 heavy (non-hydrogen) atoms. The molecule has 0 aliphatic rings. The molecule has 0 bridgehead atoms. The highest BCUT2D eigenvalue weighted by molar-refractivity contribution is 6.20. The second kappa shape index (κ2) is 10.2. The lowest BCUT2D eigenvalue weighted by molar-refractivity contribution is 0.669. The van der Waals surface area contributed by atoms with Gasteiger partial charge in [0.25, 0.3) is 0 Å². The van der Waals surface area contributed by atoms with Crippen molar-refractivity contribution in [2.24, 2.45) is 0 Å². The van der Waals surface area contributed by atoms with Gasteiger partial charge in [0.05, 0.1) is 0 Å². The van der Waals surface area contributed by atoms with Crippen LogP contribution >= 0.6 is 0 Å². The number of aromatic nitrogens is 3. The molecule has 0 fully saturated rings. The van der Waals surface area contributed by atoms with E-state index in [-0.39, 0.29) is 0 Å². The molecule has 0 saturated heterocycles. The molecule has 0 spiro atoms. The maximum Gasteiger partial charge on any atom is 0.164 e. The summed E-state index contributed by atoms with van der Waals surface area (Å²) in [5, 5.41) is 6.86. The Hall–Kier alpha value is -6.13. The maximum atomic E-state index is 6.33. The molecule has 2 aromatic heterocycles. The number of hydrogen-bond donors (Lipinski definition) is 0. The average molecular weight is 576 g/mol. The Bertz CT molecular complexity index is 2460.